The third kappa shape index (κ3) is 3.22. The van der Waals surface area contributed by atoms with Gasteiger partial charge in [-0.15, -0.1) is 0 Å². The molecular weight excluding hydrogens is 359 g/mol. The quantitative estimate of drug-likeness (QED) is 0.545. The SMILES string of the molecule is COc1ccc(-c2c(C)nn3c(NCc4cccc(O)c4)ccnc23)cc1F. The first-order valence-corrected chi connectivity index (χ1v) is 8.77. The lowest BCUT2D eigenvalue weighted by Gasteiger charge is -2.09. The Kier molecular flexibility index (Phi) is 4.57. The summed E-state index contributed by atoms with van der Waals surface area (Å²) in [5, 5.41) is 17.5. The number of phenols is 1. The third-order valence-corrected chi connectivity index (χ3v) is 4.52. The maximum Gasteiger partial charge on any atom is 0.165 e. The number of halogens is 1. The van der Waals surface area contributed by atoms with Crippen molar-refractivity contribution in [2.75, 3.05) is 12.4 Å². The number of aryl methyl sites for hydroxylation is 1. The van der Waals surface area contributed by atoms with Crippen LogP contribution in [0.4, 0.5) is 10.2 Å². The van der Waals surface area contributed by atoms with Gasteiger partial charge in [-0.05, 0) is 48.4 Å². The highest BCUT2D eigenvalue weighted by atomic mass is 19.1. The van der Waals surface area contributed by atoms with Crippen molar-refractivity contribution in [3.05, 3.63) is 71.8 Å². The smallest absolute Gasteiger partial charge is 0.165 e. The fraction of sp³-hybridized carbons (Fsp3) is 0.143. The first-order chi connectivity index (χ1) is 13.6. The van der Waals surface area contributed by atoms with Crippen LogP contribution >= 0.6 is 0 Å². The van der Waals surface area contributed by atoms with Gasteiger partial charge in [0.2, 0.25) is 0 Å². The molecule has 0 spiro atoms. The molecule has 0 fully saturated rings. The van der Waals surface area contributed by atoms with Gasteiger partial charge in [-0.3, -0.25) is 0 Å². The normalized spacial score (nSPS) is 11.0. The van der Waals surface area contributed by atoms with Crippen LogP contribution in [0.25, 0.3) is 16.8 Å². The molecule has 0 radical (unpaired) electrons. The van der Waals surface area contributed by atoms with Crippen molar-refractivity contribution in [2.45, 2.75) is 13.5 Å². The molecule has 0 unspecified atom stereocenters. The maximum absolute atomic E-state index is 14.2. The first kappa shape index (κ1) is 17.8. The molecule has 2 heterocycles. The van der Waals surface area contributed by atoms with E-state index in [0.717, 1.165) is 22.6 Å². The number of nitrogens with zero attached hydrogens (tertiary/aromatic N) is 3. The number of methoxy groups -OCH3 is 1. The van der Waals surface area contributed by atoms with Crippen LogP contribution in [0.3, 0.4) is 0 Å². The number of anilines is 1. The molecule has 0 amide bonds. The molecular formula is C21H19FN4O2. The van der Waals surface area contributed by atoms with Gasteiger partial charge >= 0.3 is 0 Å². The predicted octanol–water partition coefficient (Wildman–Crippen LogP) is 4.17. The number of fused-ring (bicyclic) bond motifs is 1. The molecule has 0 aliphatic carbocycles. The lowest BCUT2D eigenvalue weighted by atomic mass is 10.1. The average molecular weight is 378 g/mol. The van der Waals surface area contributed by atoms with E-state index in [1.165, 1.54) is 13.2 Å². The maximum atomic E-state index is 14.2. The fourth-order valence-electron chi connectivity index (χ4n) is 3.20. The Morgan fingerprint density at radius 3 is 2.79 bits per heavy atom. The summed E-state index contributed by atoms with van der Waals surface area (Å²) in [5.74, 6) is 0.728. The molecule has 4 aromatic rings. The van der Waals surface area contributed by atoms with E-state index in [0.29, 0.717) is 17.8 Å². The molecule has 0 saturated carbocycles. The fourth-order valence-corrected chi connectivity index (χ4v) is 3.20. The Hall–Kier alpha value is -3.61. The summed E-state index contributed by atoms with van der Waals surface area (Å²) >= 11 is 0. The minimum Gasteiger partial charge on any atom is -0.508 e. The first-order valence-electron chi connectivity index (χ1n) is 8.77. The van der Waals surface area contributed by atoms with Crippen molar-refractivity contribution in [3.8, 4) is 22.6 Å². The van der Waals surface area contributed by atoms with E-state index in [9.17, 15) is 9.50 Å². The molecule has 0 aliphatic rings. The van der Waals surface area contributed by atoms with Crippen LogP contribution in [0.1, 0.15) is 11.3 Å². The van der Waals surface area contributed by atoms with Crippen molar-refractivity contribution in [1.29, 1.82) is 0 Å². The molecule has 0 atom stereocenters. The van der Waals surface area contributed by atoms with Gasteiger partial charge in [0, 0.05) is 18.3 Å². The van der Waals surface area contributed by atoms with Gasteiger partial charge < -0.3 is 15.2 Å². The van der Waals surface area contributed by atoms with Crippen molar-refractivity contribution < 1.29 is 14.2 Å². The minimum absolute atomic E-state index is 0.194. The highest BCUT2D eigenvalue weighted by molar-refractivity contribution is 5.81. The van der Waals surface area contributed by atoms with Crippen molar-refractivity contribution in [3.63, 3.8) is 0 Å². The van der Waals surface area contributed by atoms with Crippen LogP contribution in [0.2, 0.25) is 0 Å². The summed E-state index contributed by atoms with van der Waals surface area (Å²) in [4.78, 5) is 4.45. The molecule has 2 N–H and O–H groups in total. The van der Waals surface area contributed by atoms with Crippen molar-refractivity contribution in [1.82, 2.24) is 14.6 Å². The second-order valence-corrected chi connectivity index (χ2v) is 6.40. The highest BCUT2D eigenvalue weighted by Gasteiger charge is 2.16. The van der Waals surface area contributed by atoms with Crippen molar-refractivity contribution in [2.24, 2.45) is 0 Å². The van der Waals surface area contributed by atoms with Crippen molar-refractivity contribution >= 4 is 11.5 Å². The summed E-state index contributed by atoms with van der Waals surface area (Å²) in [6, 6.07) is 13.7. The van der Waals surface area contributed by atoms with E-state index < -0.39 is 5.82 Å². The van der Waals surface area contributed by atoms with Crippen LogP contribution in [0.15, 0.2) is 54.7 Å². The number of hydrogen-bond donors (Lipinski definition) is 2. The Bertz CT molecular complexity index is 1160. The van der Waals surface area contributed by atoms with Gasteiger partial charge in [0.05, 0.1) is 12.8 Å². The van der Waals surface area contributed by atoms with E-state index in [-0.39, 0.29) is 11.5 Å². The van der Waals surface area contributed by atoms with E-state index in [1.807, 2.05) is 19.1 Å². The molecule has 2 aromatic carbocycles. The van der Waals surface area contributed by atoms with Crippen LogP contribution in [-0.2, 0) is 6.54 Å². The number of phenolic OH excluding ortho intramolecular Hbond substituents is 1. The van der Waals surface area contributed by atoms with Gasteiger partial charge in [-0.25, -0.2) is 9.37 Å². The Labute approximate surface area is 161 Å². The summed E-state index contributed by atoms with van der Waals surface area (Å²) in [7, 11) is 1.44. The lowest BCUT2D eigenvalue weighted by molar-refractivity contribution is 0.386. The summed E-state index contributed by atoms with van der Waals surface area (Å²) in [6.45, 7) is 2.38. The second-order valence-electron chi connectivity index (χ2n) is 6.40. The number of rotatable bonds is 5. The number of aromatic hydroxyl groups is 1. The molecule has 0 aliphatic heterocycles. The summed E-state index contributed by atoms with van der Waals surface area (Å²) in [6.07, 6.45) is 1.69. The Balaban J connectivity index is 1.72. The zero-order chi connectivity index (χ0) is 19.7. The van der Waals surface area contributed by atoms with Gasteiger partial charge in [-0.1, -0.05) is 18.2 Å². The molecule has 4 rings (SSSR count). The van der Waals surface area contributed by atoms with Crippen LogP contribution in [0.5, 0.6) is 11.5 Å². The zero-order valence-electron chi connectivity index (χ0n) is 15.5. The van der Waals surface area contributed by atoms with E-state index >= 15 is 0 Å². The van der Waals surface area contributed by atoms with Gasteiger partial charge in [0.1, 0.15) is 11.6 Å². The third-order valence-electron chi connectivity index (χ3n) is 4.52. The number of nitrogens with one attached hydrogen (secondary N) is 1. The standard InChI is InChI=1S/C21H19FN4O2/c1-13-20(15-6-7-18(28-2)17(22)11-15)21-23-9-8-19(26(21)25-13)24-12-14-4-3-5-16(27)10-14/h3-11,24,27H,12H2,1-2H3. The Morgan fingerprint density at radius 1 is 1.18 bits per heavy atom. The van der Waals surface area contributed by atoms with E-state index in [4.69, 9.17) is 4.74 Å². The summed E-state index contributed by atoms with van der Waals surface area (Å²) in [5.41, 5.74) is 3.75. The van der Waals surface area contributed by atoms with E-state index in [2.05, 4.69) is 15.4 Å². The monoisotopic (exact) mass is 378 g/mol. The predicted molar refractivity (Wildman–Crippen MR) is 105 cm³/mol. The number of benzene rings is 2. The molecule has 0 saturated heterocycles. The molecule has 0 bridgehead atoms. The number of ether oxygens (including phenoxy) is 1. The average Bonchev–Trinajstić information content (AvgIpc) is 3.02. The van der Waals surface area contributed by atoms with Gasteiger partial charge in [0.15, 0.2) is 17.2 Å². The van der Waals surface area contributed by atoms with Crippen LogP contribution in [-0.4, -0.2) is 26.8 Å². The molecule has 28 heavy (non-hydrogen) atoms. The number of hydrogen-bond acceptors (Lipinski definition) is 5. The zero-order valence-corrected chi connectivity index (χ0v) is 15.5. The summed E-state index contributed by atoms with van der Waals surface area (Å²) < 4.78 is 20.9. The van der Waals surface area contributed by atoms with Crippen LogP contribution < -0.4 is 10.1 Å². The molecule has 7 heteroatoms. The molecule has 142 valence electrons. The lowest BCUT2D eigenvalue weighted by Crippen LogP contribution is -2.05. The second kappa shape index (κ2) is 7.19. The molecule has 6 nitrogen and oxygen atoms in total. The number of aromatic nitrogens is 3. The van der Waals surface area contributed by atoms with Gasteiger partial charge in [-0.2, -0.15) is 9.61 Å². The highest BCUT2D eigenvalue weighted by Crippen LogP contribution is 2.31. The van der Waals surface area contributed by atoms with Crippen LogP contribution in [0, 0.1) is 12.7 Å². The minimum atomic E-state index is -0.433. The van der Waals surface area contributed by atoms with E-state index in [1.54, 1.807) is 41.0 Å². The largest absolute Gasteiger partial charge is 0.508 e. The topological polar surface area (TPSA) is 71.7 Å². The Morgan fingerprint density at radius 2 is 2.04 bits per heavy atom. The molecule has 2 aromatic heterocycles. The van der Waals surface area contributed by atoms with Gasteiger partial charge in [0.25, 0.3) is 0 Å².